The van der Waals surface area contributed by atoms with Gasteiger partial charge in [-0.15, -0.1) is 0 Å². The molecule has 6 heteroatoms. The molecule has 0 bridgehead atoms. The Kier molecular flexibility index (Phi) is 5.28. The van der Waals surface area contributed by atoms with Crippen molar-refractivity contribution in [1.82, 2.24) is 5.32 Å². The Balaban J connectivity index is 1.31. The molecule has 0 radical (unpaired) electrons. The van der Waals surface area contributed by atoms with Gasteiger partial charge in [0.1, 0.15) is 11.3 Å². The summed E-state index contributed by atoms with van der Waals surface area (Å²) in [6.07, 6.45) is 5.90. The van der Waals surface area contributed by atoms with Gasteiger partial charge in [-0.25, -0.2) is 0 Å². The molecule has 0 saturated heterocycles. The summed E-state index contributed by atoms with van der Waals surface area (Å²) in [5.41, 5.74) is 5.38. The molecule has 0 saturated carbocycles. The molecule has 1 N–H and O–H groups in total. The van der Waals surface area contributed by atoms with Gasteiger partial charge in [0.05, 0.1) is 12.7 Å². The van der Waals surface area contributed by atoms with E-state index in [4.69, 9.17) is 4.42 Å². The lowest BCUT2D eigenvalue weighted by molar-refractivity contribution is -0.120. The van der Waals surface area contributed by atoms with Gasteiger partial charge in [0.15, 0.2) is 0 Å². The molecular formula is C22H21F2NO3. The fourth-order valence-corrected chi connectivity index (χ4v) is 3.70. The molecule has 0 atom stereocenters. The lowest BCUT2D eigenvalue weighted by atomic mass is 10.0. The molecular weight excluding hydrogens is 364 g/mol. The van der Waals surface area contributed by atoms with Crippen LogP contribution in [-0.4, -0.2) is 19.1 Å². The fraction of sp³-hybridized carbons (Fsp3) is 0.318. The molecule has 1 heterocycles. The number of hydrogen-bond donors (Lipinski definition) is 1. The van der Waals surface area contributed by atoms with Crippen LogP contribution in [0.4, 0.5) is 8.78 Å². The number of aryl methyl sites for hydroxylation is 2. The van der Waals surface area contributed by atoms with Gasteiger partial charge in [0.2, 0.25) is 5.91 Å². The third kappa shape index (κ3) is 4.16. The number of hydrogen-bond acceptors (Lipinski definition) is 3. The van der Waals surface area contributed by atoms with Crippen molar-refractivity contribution in [2.75, 3.05) is 6.54 Å². The van der Waals surface area contributed by atoms with Crippen molar-refractivity contribution in [1.29, 1.82) is 0 Å². The molecule has 146 valence electrons. The quantitative estimate of drug-likeness (QED) is 0.655. The molecule has 0 aliphatic heterocycles. The molecule has 3 aromatic rings. The Bertz CT molecular complexity index is 979. The van der Waals surface area contributed by atoms with Crippen LogP contribution >= 0.6 is 0 Å². The van der Waals surface area contributed by atoms with E-state index in [2.05, 4.69) is 22.2 Å². The lowest BCUT2D eigenvalue weighted by Gasteiger charge is -2.07. The Morgan fingerprint density at radius 2 is 1.89 bits per heavy atom. The first-order valence-electron chi connectivity index (χ1n) is 9.41. The average Bonchev–Trinajstić information content (AvgIpc) is 3.27. The number of benzene rings is 2. The van der Waals surface area contributed by atoms with Gasteiger partial charge < -0.3 is 14.5 Å². The highest BCUT2D eigenvalue weighted by Gasteiger charge is 2.16. The molecule has 1 aromatic heterocycles. The number of nitrogens with one attached hydrogen (secondary N) is 1. The largest absolute Gasteiger partial charge is 0.464 e. The molecule has 2 aromatic carbocycles. The van der Waals surface area contributed by atoms with Crippen LogP contribution in [0.15, 0.2) is 47.1 Å². The smallest absolute Gasteiger partial charge is 0.387 e. The molecule has 4 rings (SSSR count). The van der Waals surface area contributed by atoms with E-state index in [1.54, 1.807) is 18.4 Å². The van der Waals surface area contributed by atoms with E-state index in [0.29, 0.717) is 13.0 Å². The number of alkyl halides is 2. The van der Waals surface area contributed by atoms with E-state index in [-0.39, 0.29) is 18.1 Å². The van der Waals surface area contributed by atoms with Crippen molar-refractivity contribution < 1.29 is 22.7 Å². The summed E-state index contributed by atoms with van der Waals surface area (Å²) in [5, 5.41) is 3.92. The first kappa shape index (κ1) is 18.5. The maximum Gasteiger partial charge on any atom is 0.387 e. The van der Waals surface area contributed by atoms with E-state index in [0.717, 1.165) is 34.9 Å². The number of furan rings is 1. The van der Waals surface area contributed by atoms with Gasteiger partial charge in [-0.2, -0.15) is 8.78 Å². The summed E-state index contributed by atoms with van der Waals surface area (Å²) in [5.74, 6) is 0.0574. The maximum absolute atomic E-state index is 12.3. The fourth-order valence-electron chi connectivity index (χ4n) is 3.70. The van der Waals surface area contributed by atoms with Crippen molar-refractivity contribution in [2.24, 2.45) is 0 Å². The predicted molar refractivity (Wildman–Crippen MR) is 102 cm³/mol. The Hall–Kier alpha value is -2.89. The summed E-state index contributed by atoms with van der Waals surface area (Å²) in [6, 6.07) is 10.7. The summed E-state index contributed by atoms with van der Waals surface area (Å²) in [6.45, 7) is -2.36. The summed E-state index contributed by atoms with van der Waals surface area (Å²) in [7, 11) is 0. The Morgan fingerprint density at radius 3 is 2.64 bits per heavy atom. The van der Waals surface area contributed by atoms with E-state index < -0.39 is 6.61 Å². The predicted octanol–water partition coefficient (Wildman–Crippen LogP) is 4.42. The second-order valence-electron chi connectivity index (χ2n) is 7.03. The topological polar surface area (TPSA) is 51.5 Å². The second-order valence-corrected chi connectivity index (χ2v) is 7.03. The van der Waals surface area contributed by atoms with E-state index in [1.807, 2.05) is 0 Å². The minimum atomic E-state index is -2.83. The van der Waals surface area contributed by atoms with E-state index in [9.17, 15) is 13.6 Å². The third-order valence-electron chi connectivity index (χ3n) is 5.10. The van der Waals surface area contributed by atoms with Crippen molar-refractivity contribution in [3.63, 3.8) is 0 Å². The van der Waals surface area contributed by atoms with Crippen LogP contribution in [0.5, 0.6) is 5.75 Å². The molecule has 1 aliphatic carbocycles. The molecule has 1 aliphatic rings. The highest BCUT2D eigenvalue weighted by atomic mass is 19.3. The molecule has 28 heavy (non-hydrogen) atoms. The van der Waals surface area contributed by atoms with Crippen LogP contribution in [0.3, 0.4) is 0 Å². The molecule has 4 nitrogen and oxygen atoms in total. The SMILES string of the molecule is O=C(Cc1coc2cc3c(cc12)CCC3)NCCc1ccc(OC(F)F)cc1. The summed E-state index contributed by atoms with van der Waals surface area (Å²) in [4.78, 5) is 12.3. The first-order valence-corrected chi connectivity index (χ1v) is 9.41. The van der Waals surface area contributed by atoms with Crippen molar-refractivity contribution in [3.8, 4) is 5.75 Å². The number of carbonyl (C=O) groups is 1. The van der Waals surface area contributed by atoms with Crippen LogP contribution < -0.4 is 10.1 Å². The zero-order valence-corrected chi connectivity index (χ0v) is 15.3. The maximum atomic E-state index is 12.3. The van der Waals surface area contributed by atoms with E-state index in [1.165, 1.54) is 29.7 Å². The Morgan fingerprint density at radius 1 is 1.14 bits per heavy atom. The minimum Gasteiger partial charge on any atom is -0.464 e. The van der Waals surface area contributed by atoms with Gasteiger partial charge in [-0.3, -0.25) is 4.79 Å². The standard InChI is InChI=1S/C22H21F2NO3/c23-22(24)28-18-6-4-14(5-7-18)8-9-25-21(26)12-17-13-27-20-11-16-3-1-2-15(16)10-19(17)20/h4-7,10-11,13,22H,1-3,8-9,12H2,(H,25,26). The number of rotatable bonds is 7. The van der Waals surface area contributed by atoms with Crippen molar-refractivity contribution >= 4 is 16.9 Å². The van der Waals surface area contributed by atoms with Crippen LogP contribution in [0, 0.1) is 0 Å². The summed E-state index contributed by atoms with van der Waals surface area (Å²) >= 11 is 0. The lowest BCUT2D eigenvalue weighted by Crippen LogP contribution is -2.27. The average molecular weight is 385 g/mol. The van der Waals surface area contributed by atoms with Gasteiger partial charge >= 0.3 is 6.61 Å². The molecule has 0 fully saturated rings. The number of halogens is 2. The van der Waals surface area contributed by atoms with Gasteiger partial charge in [-0.1, -0.05) is 12.1 Å². The van der Waals surface area contributed by atoms with Crippen LogP contribution in [0.2, 0.25) is 0 Å². The molecule has 1 amide bonds. The van der Waals surface area contributed by atoms with Crippen molar-refractivity contribution in [3.05, 3.63) is 64.9 Å². The van der Waals surface area contributed by atoms with Crippen LogP contribution in [0.25, 0.3) is 11.0 Å². The molecule has 0 spiro atoms. The van der Waals surface area contributed by atoms with Crippen molar-refractivity contribution in [2.45, 2.75) is 38.7 Å². The first-order chi connectivity index (χ1) is 13.6. The molecule has 0 unspecified atom stereocenters. The number of carbonyl (C=O) groups excluding carboxylic acids is 1. The zero-order chi connectivity index (χ0) is 19.5. The number of ether oxygens (including phenoxy) is 1. The highest BCUT2D eigenvalue weighted by Crippen LogP contribution is 2.30. The highest BCUT2D eigenvalue weighted by molar-refractivity contribution is 5.88. The van der Waals surface area contributed by atoms with Crippen LogP contribution in [-0.2, 0) is 30.5 Å². The van der Waals surface area contributed by atoms with Gasteiger partial charge in [0.25, 0.3) is 0 Å². The van der Waals surface area contributed by atoms with Gasteiger partial charge in [0, 0.05) is 17.5 Å². The number of fused-ring (bicyclic) bond motifs is 2. The van der Waals surface area contributed by atoms with E-state index >= 15 is 0 Å². The number of amides is 1. The zero-order valence-electron chi connectivity index (χ0n) is 15.3. The van der Waals surface area contributed by atoms with Gasteiger partial charge in [-0.05, 0) is 66.6 Å². The third-order valence-corrected chi connectivity index (χ3v) is 5.10. The van der Waals surface area contributed by atoms with Crippen LogP contribution in [0.1, 0.15) is 28.7 Å². The normalized spacial score (nSPS) is 13.1. The minimum absolute atomic E-state index is 0.0687. The monoisotopic (exact) mass is 385 g/mol. The Labute approximate surface area is 161 Å². The second kappa shape index (κ2) is 8.00. The summed E-state index contributed by atoms with van der Waals surface area (Å²) < 4.78 is 34.3.